The molecule has 17 heavy (non-hydrogen) atoms. The van der Waals surface area contributed by atoms with Gasteiger partial charge >= 0.3 is 0 Å². The molecule has 0 spiro atoms. The lowest BCUT2D eigenvalue weighted by Gasteiger charge is -2.29. The molecular formula is C11H23N3O3. The first-order chi connectivity index (χ1) is 7.73. The predicted molar refractivity (Wildman–Crippen MR) is 65.9 cm³/mol. The quantitative estimate of drug-likeness (QED) is 0.277. The Kier molecular flexibility index (Phi) is 5.41. The van der Waals surface area contributed by atoms with E-state index in [0.717, 1.165) is 0 Å². The van der Waals surface area contributed by atoms with Crippen LogP contribution >= 0.6 is 0 Å². The van der Waals surface area contributed by atoms with Gasteiger partial charge in [-0.3, -0.25) is 4.79 Å². The zero-order chi connectivity index (χ0) is 13.7. The SMILES string of the molecule is CCC(C)(C(=O)NCC(C)(C)OC)C(N)=NO. The lowest BCUT2D eigenvalue weighted by Crippen LogP contribution is -2.50. The number of carbonyl (C=O) groups is 1. The van der Waals surface area contributed by atoms with E-state index in [2.05, 4.69) is 10.5 Å². The Morgan fingerprint density at radius 3 is 2.35 bits per heavy atom. The summed E-state index contributed by atoms with van der Waals surface area (Å²) >= 11 is 0. The summed E-state index contributed by atoms with van der Waals surface area (Å²) in [4.78, 5) is 12.0. The predicted octanol–water partition coefficient (Wildman–Crippen LogP) is 0.690. The highest BCUT2D eigenvalue weighted by Gasteiger charge is 2.36. The summed E-state index contributed by atoms with van der Waals surface area (Å²) in [5, 5.41) is 14.3. The number of hydrogen-bond acceptors (Lipinski definition) is 4. The van der Waals surface area contributed by atoms with Gasteiger partial charge in [0.25, 0.3) is 0 Å². The van der Waals surface area contributed by atoms with Gasteiger partial charge in [-0.25, -0.2) is 0 Å². The number of nitrogens with zero attached hydrogens (tertiary/aromatic N) is 1. The third kappa shape index (κ3) is 3.89. The van der Waals surface area contributed by atoms with Gasteiger partial charge in [0, 0.05) is 13.7 Å². The molecule has 4 N–H and O–H groups in total. The van der Waals surface area contributed by atoms with Crippen LogP contribution in [0.3, 0.4) is 0 Å². The molecule has 6 nitrogen and oxygen atoms in total. The Hall–Kier alpha value is -1.30. The highest BCUT2D eigenvalue weighted by Crippen LogP contribution is 2.21. The minimum absolute atomic E-state index is 0.0901. The Bertz CT molecular complexity index is 302. The van der Waals surface area contributed by atoms with Crippen molar-refractivity contribution in [1.29, 1.82) is 0 Å². The van der Waals surface area contributed by atoms with E-state index in [1.165, 1.54) is 0 Å². The van der Waals surface area contributed by atoms with Gasteiger partial charge < -0.3 is 21.0 Å². The molecule has 0 aliphatic carbocycles. The smallest absolute Gasteiger partial charge is 0.233 e. The highest BCUT2D eigenvalue weighted by molar-refractivity contribution is 6.06. The highest BCUT2D eigenvalue weighted by atomic mass is 16.5. The molecule has 1 atom stereocenters. The van der Waals surface area contributed by atoms with Crippen molar-refractivity contribution >= 4 is 11.7 Å². The van der Waals surface area contributed by atoms with E-state index in [1.807, 2.05) is 13.8 Å². The van der Waals surface area contributed by atoms with Crippen LogP contribution in [-0.2, 0) is 9.53 Å². The van der Waals surface area contributed by atoms with Crippen molar-refractivity contribution in [2.75, 3.05) is 13.7 Å². The summed E-state index contributed by atoms with van der Waals surface area (Å²) in [5.74, 6) is -0.367. The maximum absolute atomic E-state index is 12.0. The van der Waals surface area contributed by atoms with Gasteiger partial charge in [-0.2, -0.15) is 0 Å². The second-order valence-electron chi connectivity index (χ2n) is 4.82. The van der Waals surface area contributed by atoms with Crippen molar-refractivity contribution in [2.45, 2.75) is 39.7 Å². The van der Waals surface area contributed by atoms with Crippen LogP contribution in [0.1, 0.15) is 34.1 Å². The van der Waals surface area contributed by atoms with E-state index in [1.54, 1.807) is 21.0 Å². The van der Waals surface area contributed by atoms with Crippen LogP contribution in [0.4, 0.5) is 0 Å². The molecule has 0 saturated carbocycles. The fourth-order valence-electron chi connectivity index (χ4n) is 1.13. The fraction of sp³-hybridized carbons (Fsp3) is 0.818. The van der Waals surface area contributed by atoms with Crippen LogP contribution in [-0.4, -0.2) is 36.2 Å². The van der Waals surface area contributed by atoms with Gasteiger partial charge in [-0.05, 0) is 27.2 Å². The maximum atomic E-state index is 12.0. The summed E-state index contributed by atoms with van der Waals surface area (Å²) < 4.78 is 5.20. The third-order valence-electron chi connectivity index (χ3n) is 3.11. The number of nitrogens with one attached hydrogen (secondary N) is 1. The maximum Gasteiger partial charge on any atom is 0.233 e. The van der Waals surface area contributed by atoms with Crippen molar-refractivity contribution in [1.82, 2.24) is 5.32 Å². The average Bonchev–Trinajstić information content (AvgIpc) is 2.33. The Morgan fingerprint density at radius 2 is 2.00 bits per heavy atom. The van der Waals surface area contributed by atoms with E-state index in [-0.39, 0.29) is 11.7 Å². The van der Waals surface area contributed by atoms with Gasteiger partial charge in [0.15, 0.2) is 5.84 Å². The van der Waals surface area contributed by atoms with E-state index in [0.29, 0.717) is 13.0 Å². The number of ether oxygens (including phenoxy) is 1. The first-order valence-electron chi connectivity index (χ1n) is 5.55. The molecule has 0 radical (unpaired) electrons. The van der Waals surface area contributed by atoms with Crippen molar-refractivity contribution in [2.24, 2.45) is 16.3 Å². The number of rotatable bonds is 6. The number of amides is 1. The van der Waals surface area contributed by atoms with Gasteiger partial charge in [0.1, 0.15) is 5.41 Å². The molecule has 0 bridgehead atoms. The van der Waals surface area contributed by atoms with Crippen molar-refractivity contribution in [3.63, 3.8) is 0 Å². The van der Waals surface area contributed by atoms with Crippen LogP contribution in [0, 0.1) is 5.41 Å². The molecule has 0 fully saturated rings. The molecule has 1 amide bonds. The second-order valence-corrected chi connectivity index (χ2v) is 4.82. The minimum atomic E-state index is -1.00. The number of carbonyl (C=O) groups excluding carboxylic acids is 1. The van der Waals surface area contributed by atoms with Crippen LogP contribution in [0.15, 0.2) is 5.16 Å². The summed E-state index contributed by atoms with van der Waals surface area (Å²) in [7, 11) is 1.58. The monoisotopic (exact) mass is 245 g/mol. The summed E-state index contributed by atoms with van der Waals surface area (Å²) in [6.07, 6.45) is 0.447. The van der Waals surface area contributed by atoms with Gasteiger partial charge in [-0.1, -0.05) is 12.1 Å². The fourth-order valence-corrected chi connectivity index (χ4v) is 1.13. The summed E-state index contributed by atoms with van der Waals surface area (Å²) in [6, 6.07) is 0. The number of hydrogen-bond donors (Lipinski definition) is 3. The topological polar surface area (TPSA) is 96.9 Å². The summed E-state index contributed by atoms with van der Waals surface area (Å²) in [5.41, 5.74) is 4.09. The molecule has 100 valence electrons. The van der Waals surface area contributed by atoms with Crippen molar-refractivity contribution in [3.05, 3.63) is 0 Å². The molecule has 0 saturated heterocycles. The molecular weight excluding hydrogens is 222 g/mol. The van der Waals surface area contributed by atoms with Crippen molar-refractivity contribution in [3.8, 4) is 0 Å². The third-order valence-corrected chi connectivity index (χ3v) is 3.11. The zero-order valence-electron chi connectivity index (χ0n) is 11.2. The van der Waals surface area contributed by atoms with Crippen LogP contribution < -0.4 is 11.1 Å². The molecule has 0 aromatic heterocycles. The van der Waals surface area contributed by atoms with E-state index < -0.39 is 11.0 Å². The lowest BCUT2D eigenvalue weighted by atomic mass is 9.85. The van der Waals surface area contributed by atoms with Crippen LogP contribution in [0.25, 0.3) is 0 Å². The standard InChI is InChI=1S/C11H23N3O3/c1-6-11(4,8(12)14-16)9(15)13-7-10(2,3)17-5/h16H,6-7H2,1-5H3,(H2,12,14)(H,13,15). The van der Waals surface area contributed by atoms with Gasteiger partial charge in [-0.15, -0.1) is 0 Å². The summed E-state index contributed by atoms with van der Waals surface area (Å²) in [6.45, 7) is 7.52. The average molecular weight is 245 g/mol. The van der Waals surface area contributed by atoms with Crippen LogP contribution in [0.2, 0.25) is 0 Å². The second kappa shape index (κ2) is 5.86. The van der Waals surface area contributed by atoms with Crippen LogP contribution in [0.5, 0.6) is 0 Å². The molecule has 0 rings (SSSR count). The number of oxime groups is 1. The van der Waals surface area contributed by atoms with E-state index >= 15 is 0 Å². The van der Waals surface area contributed by atoms with Gasteiger partial charge in [0.05, 0.1) is 5.60 Å². The molecule has 0 aromatic carbocycles. The molecule has 6 heteroatoms. The van der Waals surface area contributed by atoms with Gasteiger partial charge in [0.2, 0.25) is 5.91 Å². The van der Waals surface area contributed by atoms with E-state index in [4.69, 9.17) is 15.7 Å². The normalized spacial score (nSPS) is 16.4. The Balaban J connectivity index is 4.69. The Morgan fingerprint density at radius 1 is 1.47 bits per heavy atom. The first-order valence-corrected chi connectivity index (χ1v) is 5.55. The molecule has 0 aliphatic heterocycles. The molecule has 0 heterocycles. The minimum Gasteiger partial charge on any atom is -0.409 e. The lowest BCUT2D eigenvalue weighted by molar-refractivity contribution is -0.128. The van der Waals surface area contributed by atoms with E-state index in [9.17, 15) is 4.79 Å². The molecule has 0 aliphatic rings. The first kappa shape index (κ1) is 15.7. The zero-order valence-corrected chi connectivity index (χ0v) is 11.2. The van der Waals surface area contributed by atoms with Crippen molar-refractivity contribution < 1.29 is 14.7 Å². The molecule has 1 unspecified atom stereocenters. The number of methoxy groups -OCH3 is 1. The number of amidine groups is 1. The molecule has 0 aromatic rings. The Labute approximate surface area is 102 Å². The largest absolute Gasteiger partial charge is 0.409 e. The number of nitrogens with two attached hydrogens (primary N) is 1.